The Morgan fingerprint density at radius 2 is 2.41 bits per heavy atom. The maximum absolute atomic E-state index is 5.69. The average Bonchev–Trinajstić information content (AvgIpc) is 2.85. The van der Waals surface area contributed by atoms with Crippen LogP contribution < -0.4 is 5.32 Å². The van der Waals surface area contributed by atoms with Gasteiger partial charge in [0.1, 0.15) is 5.76 Å². The Morgan fingerprint density at radius 3 is 3.06 bits per heavy atom. The van der Waals surface area contributed by atoms with Crippen molar-refractivity contribution < 1.29 is 4.74 Å². The Morgan fingerprint density at radius 1 is 1.53 bits per heavy atom. The minimum absolute atomic E-state index is 0.158. The van der Waals surface area contributed by atoms with E-state index in [1.165, 1.54) is 5.56 Å². The molecule has 0 saturated carbocycles. The van der Waals surface area contributed by atoms with Gasteiger partial charge in [0.2, 0.25) is 0 Å². The van der Waals surface area contributed by atoms with E-state index in [-0.39, 0.29) is 6.04 Å². The first-order valence-electron chi connectivity index (χ1n) is 6.30. The average molecular weight is 232 g/mol. The molecule has 17 heavy (non-hydrogen) atoms. The molecule has 1 aromatic heterocycles. The third-order valence-corrected chi connectivity index (χ3v) is 2.97. The molecule has 1 atom stereocenters. The first-order chi connectivity index (χ1) is 8.33. The number of ether oxygens (including phenoxy) is 1. The van der Waals surface area contributed by atoms with E-state index in [9.17, 15) is 0 Å². The van der Waals surface area contributed by atoms with Gasteiger partial charge in [-0.25, -0.2) is 0 Å². The normalized spacial score (nSPS) is 16.5. The van der Waals surface area contributed by atoms with Gasteiger partial charge in [0, 0.05) is 18.3 Å². The van der Waals surface area contributed by atoms with E-state index in [0.29, 0.717) is 0 Å². The Labute approximate surface area is 103 Å². The van der Waals surface area contributed by atoms with Gasteiger partial charge in [0.15, 0.2) is 0 Å². The highest BCUT2D eigenvalue weighted by atomic mass is 16.5. The maximum Gasteiger partial charge on any atom is 0.114 e. The topological polar surface area (TPSA) is 34.1 Å². The fourth-order valence-corrected chi connectivity index (χ4v) is 2.09. The van der Waals surface area contributed by atoms with Crippen LogP contribution in [-0.4, -0.2) is 18.1 Å². The SMILES string of the molecule is CCCNC(C1=CCCO1)c1cccnc1C. The van der Waals surface area contributed by atoms with E-state index < -0.39 is 0 Å². The molecule has 1 aliphatic heterocycles. The van der Waals surface area contributed by atoms with Crippen molar-refractivity contribution in [2.24, 2.45) is 0 Å². The smallest absolute Gasteiger partial charge is 0.114 e. The van der Waals surface area contributed by atoms with Crippen LogP contribution in [0.4, 0.5) is 0 Å². The minimum Gasteiger partial charge on any atom is -0.496 e. The van der Waals surface area contributed by atoms with E-state index in [2.05, 4.69) is 29.4 Å². The van der Waals surface area contributed by atoms with Gasteiger partial charge in [-0.05, 0) is 37.6 Å². The van der Waals surface area contributed by atoms with Gasteiger partial charge in [-0.1, -0.05) is 13.0 Å². The quantitative estimate of drug-likeness (QED) is 0.847. The van der Waals surface area contributed by atoms with Crippen LogP contribution in [0, 0.1) is 6.92 Å². The molecule has 1 N–H and O–H groups in total. The number of rotatable bonds is 5. The maximum atomic E-state index is 5.69. The van der Waals surface area contributed by atoms with Crippen LogP contribution in [0.25, 0.3) is 0 Å². The van der Waals surface area contributed by atoms with Crippen LogP contribution in [-0.2, 0) is 4.74 Å². The number of aryl methyl sites for hydroxylation is 1. The lowest BCUT2D eigenvalue weighted by Crippen LogP contribution is -2.25. The summed E-state index contributed by atoms with van der Waals surface area (Å²) in [6, 6.07) is 4.27. The Hall–Kier alpha value is -1.35. The van der Waals surface area contributed by atoms with Gasteiger partial charge >= 0.3 is 0 Å². The third kappa shape index (κ3) is 2.86. The van der Waals surface area contributed by atoms with Crippen LogP contribution in [0.1, 0.15) is 37.1 Å². The molecular weight excluding hydrogens is 212 g/mol. The first-order valence-corrected chi connectivity index (χ1v) is 6.30. The zero-order valence-corrected chi connectivity index (χ0v) is 10.6. The number of pyridine rings is 1. The van der Waals surface area contributed by atoms with Crippen molar-refractivity contribution in [3.63, 3.8) is 0 Å². The lowest BCUT2D eigenvalue weighted by molar-refractivity contribution is 0.215. The van der Waals surface area contributed by atoms with E-state index in [4.69, 9.17) is 4.74 Å². The predicted octanol–water partition coefficient (Wildman–Crippen LogP) is 2.73. The summed E-state index contributed by atoms with van der Waals surface area (Å²) in [6.45, 7) is 6.01. The van der Waals surface area contributed by atoms with Gasteiger partial charge in [0.05, 0.1) is 12.6 Å². The van der Waals surface area contributed by atoms with Crippen LogP contribution in [0.5, 0.6) is 0 Å². The van der Waals surface area contributed by atoms with Crippen molar-refractivity contribution in [3.8, 4) is 0 Å². The second-order valence-electron chi connectivity index (χ2n) is 4.31. The molecule has 0 amide bonds. The number of hydrogen-bond acceptors (Lipinski definition) is 3. The molecule has 1 unspecified atom stereocenters. The Kier molecular flexibility index (Phi) is 4.15. The largest absolute Gasteiger partial charge is 0.496 e. The van der Waals surface area contributed by atoms with Gasteiger partial charge in [0.25, 0.3) is 0 Å². The standard InChI is InChI=1S/C14H20N2O/c1-3-8-16-14(13-7-5-10-17-13)12-6-4-9-15-11(12)2/h4,6-7,9,14,16H,3,5,8,10H2,1-2H3. The van der Waals surface area contributed by atoms with Crippen LogP contribution >= 0.6 is 0 Å². The molecule has 3 nitrogen and oxygen atoms in total. The molecule has 0 spiro atoms. The number of aromatic nitrogens is 1. The summed E-state index contributed by atoms with van der Waals surface area (Å²) in [7, 11) is 0. The minimum atomic E-state index is 0.158. The van der Waals surface area contributed by atoms with Gasteiger partial charge in [-0.15, -0.1) is 0 Å². The van der Waals surface area contributed by atoms with E-state index >= 15 is 0 Å². The lowest BCUT2D eigenvalue weighted by atomic mass is 10.0. The summed E-state index contributed by atoms with van der Waals surface area (Å²) in [5, 5.41) is 3.54. The van der Waals surface area contributed by atoms with Gasteiger partial charge in [-0.2, -0.15) is 0 Å². The molecule has 0 bridgehead atoms. The molecule has 1 aliphatic rings. The van der Waals surface area contributed by atoms with Crippen LogP contribution in [0.3, 0.4) is 0 Å². The van der Waals surface area contributed by atoms with Crippen molar-refractivity contribution in [1.82, 2.24) is 10.3 Å². The second kappa shape index (κ2) is 5.82. The van der Waals surface area contributed by atoms with Crippen molar-refractivity contribution in [3.05, 3.63) is 41.4 Å². The molecule has 2 heterocycles. The van der Waals surface area contributed by atoms with Crippen molar-refractivity contribution in [1.29, 1.82) is 0 Å². The van der Waals surface area contributed by atoms with E-state index in [1.54, 1.807) is 0 Å². The summed E-state index contributed by atoms with van der Waals surface area (Å²) in [5.74, 6) is 1.05. The summed E-state index contributed by atoms with van der Waals surface area (Å²) in [4.78, 5) is 4.36. The van der Waals surface area contributed by atoms with Crippen LogP contribution in [0.2, 0.25) is 0 Å². The van der Waals surface area contributed by atoms with Gasteiger partial charge < -0.3 is 10.1 Å². The molecule has 0 aromatic carbocycles. The predicted molar refractivity (Wildman–Crippen MR) is 68.7 cm³/mol. The lowest BCUT2D eigenvalue weighted by Gasteiger charge is -2.21. The Bertz CT molecular complexity index is 401. The zero-order valence-electron chi connectivity index (χ0n) is 10.6. The number of nitrogens with zero attached hydrogens (tertiary/aromatic N) is 1. The third-order valence-electron chi connectivity index (χ3n) is 2.97. The monoisotopic (exact) mass is 232 g/mol. The fraction of sp³-hybridized carbons (Fsp3) is 0.500. The zero-order chi connectivity index (χ0) is 12.1. The molecular formula is C14H20N2O. The summed E-state index contributed by atoms with van der Waals surface area (Å²) >= 11 is 0. The molecule has 92 valence electrons. The van der Waals surface area contributed by atoms with Gasteiger partial charge in [-0.3, -0.25) is 4.98 Å². The fourth-order valence-electron chi connectivity index (χ4n) is 2.09. The highest BCUT2D eigenvalue weighted by Gasteiger charge is 2.21. The molecule has 1 aromatic rings. The van der Waals surface area contributed by atoms with Crippen LogP contribution in [0.15, 0.2) is 30.2 Å². The second-order valence-corrected chi connectivity index (χ2v) is 4.31. The molecule has 0 fully saturated rings. The Balaban J connectivity index is 2.23. The summed E-state index contributed by atoms with van der Waals surface area (Å²) < 4.78 is 5.69. The summed E-state index contributed by atoms with van der Waals surface area (Å²) in [5.41, 5.74) is 2.28. The molecule has 0 aliphatic carbocycles. The van der Waals surface area contributed by atoms with E-state index in [1.807, 2.05) is 19.2 Å². The molecule has 2 rings (SSSR count). The molecule has 3 heteroatoms. The van der Waals surface area contributed by atoms with Crippen molar-refractivity contribution >= 4 is 0 Å². The van der Waals surface area contributed by atoms with Crippen molar-refractivity contribution in [2.45, 2.75) is 32.7 Å². The van der Waals surface area contributed by atoms with Crippen molar-refractivity contribution in [2.75, 3.05) is 13.2 Å². The molecule has 0 radical (unpaired) electrons. The highest BCUT2D eigenvalue weighted by molar-refractivity contribution is 5.29. The highest BCUT2D eigenvalue weighted by Crippen LogP contribution is 2.27. The molecule has 0 saturated heterocycles. The summed E-state index contributed by atoms with van der Waals surface area (Å²) in [6.07, 6.45) is 6.14. The first kappa shape index (κ1) is 12.1. The number of hydrogen-bond donors (Lipinski definition) is 1. The van der Waals surface area contributed by atoms with E-state index in [0.717, 1.165) is 37.4 Å². The number of nitrogens with one attached hydrogen (secondary N) is 1.